The molecule has 1 aromatic heterocycles. The van der Waals surface area contributed by atoms with Gasteiger partial charge in [-0.15, -0.1) is 10.2 Å². The van der Waals surface area contributed by atoms with E-state index in [9.17, 15) is 4.79 Å². The number of carbonyl (C=O) groups is 1. The van der Waals surface area contributed by atoms with Gasteiger partial charge in [0.15, 0.2) is 16.8 Å². The molecule has 8 heteroatoms. The van der Waals surface area contributed by atoms with E-state index in [4.69, 9.17) is 21.1 Å². The van der Waals surface area contributed by atoms with Gasteiger partial charge in [-0.3, -0.25) is 9.36 Å². The molecule has 0 N–H and O–H groups in total. The quantitative estimate of drug-likeness (QED) is 0.223. The summed E-state index contributed by atoms with van der Waals surface area (Å²) in [7, 11) is 1.53. The maximum absolute atomic E-state index is 12.9. The summed E-state index contributed by atoms with van der Waals surface area (Å²) in [5.74, 6) is 1.92. The van der Waals surface area contributed by atoms with Gasteiger partial charge in [0, 0.05) is 10.7 Å². The van der Waals surface area contributed by atoms with Crippen LogP contribution in [0.5, 0.6) is 11.5 Å². The minimum Gasteiger partial charge on any atom is -0.496 e. The number of hydrogen-bond donors (Lipinski definition) is 0. The zero-order valence-corrected chi connectivity index (χ0v) is 19.8. The van der Waals surface area contributed by atoms with Gasteiger partial charge in [-0.2, -0.15) is 0 Å². The van der Waals surface area contributed by atoms with Crippen LogP contribution in [0.4, 0.5) is 0 Å². The lowest BCUT2D eigenvalue weighted by molar-refractivity contribution is 0.101. The first kappa shape index (κ1) is 22.9. The Bertz CT molecular complexity index is 1240. The van der Waals surface area contributed by atoms with Gasteiger partial charge in [0.1, 0.15) is 18.1 Å². The standard InChI is InChI=1S/C25H22ClN3O3S/c1-17-8-11-20(12-9-17)32-15-24-27-28-25(29(24)19-6-4-3-5-7-19)33-16-22(30)21-14-18(26)10-13-23(21)31-2/h3-14H,15-16H2,1-2H3. The van der Waals surface area contributed by atoms with Crippen LogP contribution in [-0.2, 0) is 6.61 Å². The van der Waals surface area contributed by atoms with Crippen LogP contribution in [-0.4, -0.2) is 33.4 Å². The molecule has 0 atom stereocenters. The Hall–Kier alpha value is -3.29. The number of ether oxygens (including phenoxy) is 2. The molecule has 0 unspecified atom stereocenters. The molecule has 168 valence electrons. The maximum Gasteiger partial charge on any atom is 0.196 e. The van der Waals surface area contributed by atoms with E-state index in [0.29, 0.717) is 27.3 Å². The Balaban J connectivity index is 1.56. The SMILES string of the molecule is COc1ccc(Cl)cc1C(=O)CSc1nnc(COc2ccc(C)cc2)n1-c1ccccc1. The molecule has 6 nitrogen and oxygen atoms in total. The van der Waals surface area contributed by atoms with Gasteiger partial charge < -0.3 is 9.47 Å². The van der Waals surface area contributed by atoms with Crippen molar-refractivity contribution in [3.05, 3.63) is 94.8 Å². The number of thioether (sulfide) groups is 1. The predicted molar refractivity (Wildman–Crippen MR) is 130 cm³/mol. The Morgan fingerprint density at radius 2 is 1.79 bits per heavy atom. The summed E-state index contributed by atoms with van der Waals surface area (Å²) in [6, 6.07) is 22.6. The normalized spacial score (nSPS) is 10.8. The van der Waals surface area contributed by atoms with E-state index in [1.807, 2.05) is 66.1 Å². The molecular formula is C25H22ClN3O3S. The van der Waals surface area contributed by atoms with E-state index < -0.39 is 0 Å². The summed E-state index contributed by atoms with van der Waals surface area (Å²) in [6.07, 6.45) is 0. The second-order valence-electron chi connectivity index (χ2n) is 7.23. The van der Waals surface area contributed by atoms with Crippen molar-refractivity contribution in [2.45, 2.75) is 18.7 Å². The average Bonchev–Trinajstić information content (AvgIpc) is 3.25. The van der Waals surface area contributed by atoms with Crippen LogP contribution in [0.1, 0.15) is 21.7 Å². The molecule has 33 heavy (non-hydrogen) atoms. The molecule has 0 aliphatic carbocycles. The summed E-state index contributed by atoms with van der Waals surface area (Å²) < 4.78 is 13.1. The van der Waals surface area contributed by atoms with E-state index in [1.54, 1.807) is 18.2 Å². The van der Waals surface area contributed by atoms with Crippen molar-refractivity contribution in [3.63, 3.8) is 0 Å². The number of nitrogens with zero attached hydrogens (tertiary/aromatic N) is 3. The van der Waals surface area contributed by atoms with E-state index in [1.165, 1.54) is 18.9 Å². The van der Waals surface area contributed by atoms with Gasteiger partial charge in [0.25, 0.3) is 0 Å². The van der Waals surface area contributed by atoms with E-state index >= 15 is 0 Å². The third-order valence-electron chi connectivity index (χ3n) is 4.90. The highest BCUT2D eigenvalue weighted by molar-refractivity contribution is 7.99. The zero-order chi connectivity index (χ0) is 23.2. The van der Waals surface area contributed by atoms with Crippen molar-refractivity contribution in [1.82, 2.24) is 14.8 Å². The molecule has 1 heterocycles. The Morgan fingerprint density at radius 3 is 2.52 bits per heavy atom. The third kappa shape index (κ3) is 5.56. The molecular weight excluding hydrogens is 458 g/mol. The van der Waals surface area contributed by atoms with Crippen LogP contribution in [0.3, 0.4) is 0 Å². The number of methoxy groups -OCH3 is 1. The minimum atomic E-state index is -0.112. The Labute approximate surface area is 201 Å². The summed E-state index contributed by atoms with van der Waals surface area (Å²) in [5, 5.41) is 9.74. The van der Waals surface area contributed by atoms with Crippen molar-refractivity contribution in [2.24, 2.45) is 0 Å². The summed E-state index contributed by atoms with van der Waals surface area (Å²) in [5.41, 5.74) is 2.49. The summed E-state index contributed by atoms with van der Waals surface area (Å²) in [6.45, 7) is 2.27. The fourth-order valence-electron chi connectivity index (χ4n) is 3.21. The molecule has 0 amide bonds. The molecule has 0 radical (unpaired) electrons. The summed E-state index contributed by atoms with van der Waals surface area (Å²) >= 11 is 7.38. The fraction of sp³-hybridized carbons (Fsp3) is 0.160. The average molecular weight is 480 g/mol. The Morgan fingerprint density at radius 1 is 1.03 bits per heavy atom. The zero-order valence-electron chi connectivity index (χ0n) is 18.2. The van der Waals surface area contributed by atoms with Crippen molar-refractivity contribution in [3.8, 4) is 17.2 Å². The van der Waals surface area contributed by atoms with Crippen LogP contribution in [0.15, 0.2) is 78.0 Å². The van der Waals surface area contributed by atoms with Crippen molar-refractivity contribution >= 4 is 29.1 Å². The van der Waals surface area contributed by atoms with Gasteiger partial charge >= 0.3 is 0 Å². The van der Waals surface area contributed by atoms with Crippen molar-refractivity contribution in [1.29, 1.82) is 0 Å². The van der Waals surface area contributed by atoms with E-state index in [2.05, 4.69) is 10.2 Å². The van der Waals surface area contributed by atoms with Gasteiger partial charge in [-0.25, -0.2) is 0 Å². The largest absolute Gasteiger partial charge is 0.496 e. The lowest BCUT2D eigenvalue weighted by Crippen LogP contribution is -2.08. The first-order valence-corrected chi connectivity index (χ1v) is 11.6. The van der Waals surface area contributed by atoms with E-state index in [0.717, 1.165) is 17.0 Å². The number of carbonyl (C=O) groups excluding carboxylic acids is 1. The molecule has 0 aliphatic rings. The highest BCUT2D eigenvalue weighted by atomic mass is 35.5. The molecule has 0 saturated carbocycles. The number of hydrogen-bond acceptors (Lipinski definition) is 6. The first-order valence-electron chi connectivity index (χ1n) is 10.2. The lowest BCUT2D eigenvalue weighted by Gasteiger charge is -2.12. The monoisotopic (exact) mass is 479 g/mol. The van der Waals surface area contributed by atoms with Gasteiger partial charge in [-0.05, 0) is 49.4 Å². The second-order valence-corrected chi connectivity index (χ2v) is 8.61. The smallest absolute Gasteiger partial charge is 0.196 e. The fourth-order valence-corrected chi connectivity index (χ4v) is 4.24. The van der Waals surface area contributed by atoms with Crippen molar-refractivity contribution in [2.75, 3.05) is 12.9 Å². The lowest BCUT2D eigenvalue weighted by atomic mass is 10.1. The molecule has 4 rings (SSSR count). The molecule has 0 aliphatic heterocycles. The summed E-state index contributed by atoms with van der Waals surface area (Å²) in [4.78, 5) is 12.9. The number of aromatic nitrogens is 3. The van der Waals surface area contributed by atoms with Gasteiger partial charge in [0.2, 0.25) is 0 Å². The first-order chi connectivity index (χ1) is 16.0. The van der Waals surface area contributed by atoms with Crippen LogP contribution in [0.25, 0.3) is 5.69 Å². The van der Waals surface area contributed by atoms with Gasteiger partial charge in [-0.1, -0.05) is 59.3 Å². The van der Waals surface area contributed by atoms with Crippen LogP contribution < -0.4 is 9.47 Å². The van der Waals surface area contributed by atoms with Gasteiger partial charge in [0.05, 0.1) is 18.4 Å². The number of rotatable bonds is 9. The molecule has 0 fully saturated rings. The van der Waals surface area contributed by atoms with Crippen LogP contribution in [0, 0.1) is 6.92 Å². The molecule has 4 aromatic rings. The van der Waals surface area contributed by atoms with Crippen molar-refractivity contribution < 1.29 is 14.3 Å². The highest BCUT2D eigenvalue weighted by Gasteiger charge is 2.19. The molecule has 3 aromatic carbocycles. The number of aryl methyl sites for hydroxylation is 1. The number of Topliss-reactive ketones (excluding diaryl/α,β-unsaturated/α-hetero) is 1. The Kier molecular flexibility index (Phi) is 7.32. The van der Waals surface area contributed by atoms with E-state index in [-0.39, 0.29) is 18.1 Å². The molecule has 0 spiro atoms. The minimum absolute atomic E-state index is 0.112. The second kappa shape index (κ2) is 10.6. The number of para-hydroxylation sites is 1. The number of benzene rings is 3. The number of ketones is 1. The molecule has 0 saturated heterocycles. The van der Waals surface area contributed by atoms with Crippen LogP contribution in [0.2, 0.25) is 5.02 Å². The maximum atomic E-state index is 12.9. The predicted octanol–water partition coefficient (Wildman–Crippen LogP) is 5.79. The topological polar surface area (TPSA) is 66.2 Å². The molecule has 0 bridgehead atoms. The third-order valence-corrected chi connectivity index (χ3v) is 6.06. The highest BCUT2D eigenvalue weighted by Crippen LogP contribution is 2.27. The van der Waals surface area contributed by atoms with Crippen LogP contribution >= 0.6 is 23.4 Å². The number of halogens is 1.